The number of likely N-dealkylation sites (tertiary alicyclic amines) is 1. The summed E-state index contributed by atoms with van der Waals surface area (Å²) in [5, 5.41) is 19.6. The molecular formula is C21H23F2NO3. The van der Waals surface area contributed by atoms with Gasteiger partial charge in [0.15, 0.2) is 23.1 Å². The smallest absolute Gasteiger partial charge is 0.165 e. The van der Waals surface area contributed by atoms with Crippen LogP contribution in [0.3, 0.4) is 0 Å². The molecule has 2 unspecified atom stereocenters. The fraction of sp³-hybridized carbons (Fsp3) is 0.429. The monoisotopic (exact) mass is 375 g/mol. The van der Waals surface area contributed by atoms with Crippen molar-refractivity contribution in [3.05, 3.63) is 59.7 Å². The molecule has 144 valence electrons. The largest absolute Gasteiger partial charge is 0.505 e. The number of phenolic OH excluding ortho intramolecular Hbond substituents is 1. The summed E-state index contributed by atoms with van der Waals surface area (Å²) in [6.45, 7) is 2.12. The summed E-state index contributed by atoms with van der Waals surface area (Å²) in [7, 11) is 0. The molecule has 4 nitrogen and oxygen atoms in total. The highest BCUT2D eigenvalue weighted by molar-refractivity contribution is 5.29. The zero-order valence-corrected chi connectivity index (χ0v) is 14.9. The molecule has 4 atom stereocenters. The molecular weight excluding hydrogens is 352 g/mol. The predicted octanol–water partition coefficient (Wildman–Crippen LogP) is 3.49. The van der Waals surface area contributed by atoms with Gasteiger partial charge >= 0.3 is 0 Å². The molecule has 1 heterocycles. The molecule has 2 aromatic rings. The summed E-state index contributed by atoms with van der Waals surface area (Å²) in [6.07, 6.45) is 0.971. The Balaban J connectivity index is 1.30. The second-order valence-corrected chi connectivity index (χ2v) is 7.61. The Kier molecular flexibility index (Phi) is 5.02. The lowest BCUT2D eigenvalue weighted by Crippen LogP contribution is -2.29. The lowest BCUT2D eigenvalue weighted by Gasteiger charge is -2.22. The standard InChI is InChI=1S/C21H23F2NO3/c22-17-3-1-2-4-21(17)27-16-7-14-10-24(11-15(14)8-16)12-20(26)13-5-6-19(25)18(23)9-13/h1-6,9,14-16,20,25-26H,7-8,10-12H2/t14-,15+,16?,20?. The number of para-hydroxylation sites is 1. The first-order valence-electron chi connectivity index (χ1n) is 9.29. The van der Waals surface area contributed by atoms with E-state index in [1.165, 1.54) is 24.3 Å². The summed E-state index contributed by atoms with van der Waals surface area (Å²) >= 11 is 0. The van der Waals surface area contributed by atoms with Gasteiger partial charge in [-0.1, -0.05) is 18.2 Å². The quantitative estimate of drug-likeness (QED) is 0.840. The summed E-state index contributed by atoms with van der Waals surface area (Å²) in [4.78, 5) is 2.18. The minimum absolute atomic E-state index is 0.0233. The van der Waals surface area contributed by atoms with Crippen molar-refractivity contribution in [2.45, 2.75) is 25.0 Å². The average molecular weight is 375 g/mol. The topological polar surface area (TPSA) is 52.9 Å². The van der Waals surface area contributed by atoms with Crippen LogP contribution in [0.1, 0.15) is 24.5 Å². The number of β-amino-alcohol motifs (C(OH)–C–C–N with tert-alkyl or cyclic N) is 1. The van der Waals surface area contributed by atoms with E-state index < -0.39 is 17.7 Å². The van der Waals surface area contributed by atoms with Crippen molar-refractivity contribution >= 4 is 0 Å². The summed E-state index contributed by atoms with van der Waals surface area (Å²) in [5.74, 6) is -0.235. The summed E-state index contributed by atoms with van der Waals surface area (Å²) in [5.41, 5.74) is 0.461. The highest BCUT2D eigenvalue weighted by Crippen LogP contribution is 2.40. The lowest BCUT2D eigenvalue weighted by atomic mass is 10.0. The molecule has 6 heteroatoms. The molecule has 2 N–H and O–H groups in total. The van der Waals surface area contributed by atoms with Crippen LogP contribution >= 0.6 is 0 Å². The third kappa shape index (κ3) is 3.92. The van der Waals surface area contributed by atoms with Gasteiger partial charge in [-0.15, -0.1) is 0 Å². The molecule has 4 rings (SSSR count). The Morgan fingerprint density at radius 2 is 1.74 bits per heavy atom. The normalized spacial score (nSPS) is 26.1. The predicted molar refractivity (Wildman–Crippen MR) is 96.5 cm³/mol. The molecule has 2 fully saturated rings. The Hall–Kier alpha value is -2.18. The molecule has 1 aliphatic carbocycles. The second-order valence-electron chi connectivity index (χ2n) is 7.61. The highest BCUT2D eigenvalue weighted by Gasteiger charge is 2.42. The SMILES string of the molecule is Oc1ccc(C(O)CN2C[C@H]3CC(Oc4ccccc4F)C[C@H]3C2)cc1F. The number of rotatable bonds is 5. The maximum absolute atomic E-state index is 13.7. The zero-order chi connectivity index (χ0) is 19.0. The lowest BCUT2D eigenvalue weighted by molar-refractivity contribution is 0.115. The van der Waals surface area contributed by atoms with E-state index in [0.717, 1.165) is 25.9 Å². The molecule has 0 amide bonds. The molecule has 2 aromatic carbocycles. The molecule has 0 bridgehead atoms. The maximum atomic E-state index is 13.7. The van der Waals surface area contributed by atoms with Crippen molar-refractivity contribution in [2.24, 2.45) is 11.8 Å². The number of benzene rings is 2. The van der Waals surface area contributed by atoms with Crippen molar-refractivity contribution in [3.8, 4) is 11.5 Å². The van der Waals surface area contributed by atoms with Crippen LogP contribution in [0.2, 0.25) is 0 Å². The van der Waals surface area contributed by atoms with Gasteiger partial charge in [0.05, 0.1) is 12.2 Å². The van der Waals surface area contributed by atoms with Gasteiger partial charge < -0.3 is 14.9 Å². The molecule has 27 heavy (non-hydrogen) atoms. The minimum Gasteiger partial charge on any atom is -0.505 e. The number of aliphatic hydroxyl groups excluding tert-OH is 1. The van der Waals surface area contributed by atoms with Crippen molar-refractivity contribution in [3.63, 3.8) is 0 Å². The second kappa shape index (κ2) is 7.44. The van der Waals surface area contributed by atoms with Crippen LogP contribution in [0.25, 0.3) is 0 Å². The first-order valence-corrected chi connectivity index (χ1v) is 9.29. The first-order chi connectivity index (χ1) is 13.0. The molecule has 0 radical (unpaired) electrons. The number of ether oxygens (including phenoxy) is 1. The van der Waals surface area contributed by atoms with Crippen molar-refractivity contribution in [1.82, 2.24) is 4.90 Å². The van der Waals surface area contributed by atoms with Gasteiger partial charge in [0, 0.05) is 19.6 Å². The van der Waals surface area contributed by atoms with Gasteiger partial charge in [-0.05, 0) is 54.5 Å². The van der Waals surface area contributed by atoms with Crippen molar-refractivity contribution in [2.75, 3.05) is 19.6 Å². The fourth-order valence-electron chi connectivity index (χ4n) is 4.39. The van der Waals surface area contributed by atoms with Gasteiger partial charge in [0.25, 0.3) is 0 Å². The van der Waals surface area contributed by atoms with E-state index in [4.69, 9.17) is 4.74 Å². The minimum atomic E-state index is -0.801. The number of hydrogen-bond donors (Lipinski definition) is 2. The Morgan fingerprint density at radius 3 is 2.41 bits per heavy atom. The van der Waals surface area contributed by atoms with Crippen LogP contribution in [-0.2, 0) is 0 Å². The molecule has 1 aliphatic heterocycles. The number of aromatic hydroxyl groups is 1. The van der Waals surface area contributed by atoms with E-state index in [0.29, 0.717) is 29.7 Å². The third-order valence-corrected chi connectivity index (χ3v) is 5.70. The molecule has 0 aromatic heterocycles. The summed E-state index contributed by atoms with van der Waals surface area (Å²) in [6, 6.07) is 10.5. The maximum Gasteiger partial charge on any atom is 0.165 e. The van der Waals surface area contributed by atoms with Crippen LogP contribution in [0, 0.1) is 23.5 Å². The Bertz CT molecular complexity index is 802. The average Bonchev–Trinajstić information content (AvgIpc) is 3.17. The van der Waals surface area contributed by atoms with E-state index >= 15 is 0 Å². The number of halogens is 2. The van der Waals surface area contributed by atoms with Gasteiger partial charge in [-0.2, -0.15) is 0 Å². The van der Waals surface area contributed by atoms with Crippen molar-refractivity contribution < 1.29 is 23.7 Å². The van der Waals surface area contributed by atoms with E-state index in [1.54, 1.807) is 18.2 Å². The molecule has 1 saturated heterocycles. The van der Waals surface area contributed by atoms with Crippen molar-refractivity contribution in [1.29, 1.82) is 0 Å². The van der Waals surface area contributed by atoms with Gasteiger partial charge in [-0.3, -0.25) is 4.90 Å². The number of hydrogen-bond acceptors (Lipinski definition) is 4. The molecule has 0 spiro atoms. The van der Waals surface area contributed by atoms with E-state index in [1.807, 2.05) is 0 Å². The third-order valence-electron chi connectivity index (χ3n) is 5.70. The van der Waals surface area contributed by atoms with Gasteiger partial charge in [-0.25, -0.2) is 8.78 Å². The number of nitrogens with zero attached hydrogens (tertiary/aromatic N) is 1. The number of phenols is 1. The van der Waals surface area contributed by atoms with Crippen LogP contribution < -0.4 is 4.74 Å². The Morgan fingerprint density at radius 1 is 1.04 bits per heavy atom. The van der Waals surface area contributed by atoms with Gasteiger partial charge in [0.2, 0.25) is 0 Å². The van der Waals surface area contributed by atoms with Crippen LogP contribution in [-0.4, -0.2) is 40.9 Å². The molecule has 2 aliphatic rings. The van der Waals surface area contributed by atoms with Crippen LogP contribution in [0.15, 0.2) is 42.5 Å². The molecule has 1 saturated carbocycles. The highest BCUT2D eigenvalue weighted by atomic mass is 19.1. The van der Waals surface area contributed by atoms with Gasteiger partial charge in [0.1, 0.15) is 0 Å². The van der Waals surface area contributed by atoms with Crippen LogP contribution in [0.5, 0.6) is 11.5 Å². The Labute approximate surface area is 157 Å². The number of fused-ring (bicyclic) bond motifs is 1. The van der Waals surface area contributed by atoms with E-state index in [9.17, 15) is 19.0 Å². The van der Waals surface area contributed by atoms with E-state index in [-0.39, 0.29) is 11.9 Å². The first kappa shape index (κ1) is 18.2. The summed E-state index contributed by atoms with van der Waals surface area (Å²) < 4.78 is 33.1. The van der Waals surface area contributed by atoms with Crippen LogP contribution in [0.4, 0.5) is 8.78 Å². The zero-order valence-electron chi connectivity index (χ0n) is 14.9. The van der Waals surface area contributed by atoms with E-state index in [2.05, 4.69) is 4.90 Å². The fourth-order valence-corrected chi connectivity index (χ4v) is 4.39. The number of aliphatic hydroxyl groups is 1.